The summed E-state index contributed by atoms with van der Waals surface area (Å²) in [4.78, 5) is 0. The van der Waals surface area contributed by atoms with Gasteiger partial charge in [-0.05, 0) is 19.8 Å². The summed E-state index contributed by atoms with van der Waals surface area (Å²) in [7, 11) is 1.75. The van der Waals surface area contributed by atoms with Crippen LogP contribution < -0.4 is 0 Å². The van der Waals surface area contributed by atoms with Gasteiger partial charge in [0.05, 0.1) is 6.10 Å². The minimum absolute atomic E-state index is 0.333. The van der Waals surface area contributed by atoms with Gasteiger partial charge in [-0.15, -0.1) is 0 Å². The third-order valence-electron chi connectivity index (χ3n) is 2.43. The lowest BCUT2D eigenvalue weighted by atomic mass is 10.2. The molecule has 0 heterocycles. The van der Waals surface area contributed by atoms with Crippen LogP contribution in [0.2, 0.25) is 0 Å². The van der Waals surface area contributed by atoms with Crippen molar-refractivity contribution >= 4 is 0 Å². The molecule has 18 heavy (non-hydrogen) atoms. The molecule has 0 radical (unpaired) electrons. The van der Waals surface area contributed by atoms with E-state index in [-0.39, 0.29) is 0 Å². The summed E-state index contributed by atoms with van der Waals surface area (Å²) in [6.07, 6.45) is 10.9. The first-order valence-corrected chi connectivity index (χ1v) is 6.70. The van der Waals surface area contributed by atoms with Crippen molar-refractivity contribution in [1.82, 2.24) is 0 Å². The zero-order valence-electron chi connectivity index (χ0n) is 12.1. The van der Waals surface area contributed by atoms with Gasteiger partial charge in [0.15, 0.2) is 0 Å². The van der Waals surface area contributed by atoms with E-state index < -0.39 is 0 Å². The summed E-state index contributed by atoms with van der Waals surface area (Å²) in [5.74, 6) is 0. The van der Waals surface area contributed by atoms with Crippen LogP contribution in [0.4, 0.5) is 0 Å². The largest absolute Gasteiger partial charge is 0.377 e. The fourth-order valence-corrected chi connectivity index (χ4v) is 1.45. The molecule has 0 N–H and O–H groups in total. The predicted molar refractivity (Wildman–Crippen MR) is 80.8 cm³/mol. The van der Waals surface area contributed by atoms with Crippen LogP contribution in [0.15, 0.2) is 54.6 Å². The highest BCUT2D eigenvalue weighted by Gasteiger charge is 2.00. The van der Waals surface area contributed by atoms with Gasteiger partial charge in [0.25, 0.3) is 0 Å². The highest BCUT2D eigenvalue weighted by Crippen LogP contribution is 2.07. The maximum absolute atomic E-state index is 5.14. The van der Waals surface area contributed by atoms with E-state index in [1.165, 1.54) is 5.56 Å². The summed E-state index contributed by atoms with van der Waals surface area (Å²) in [5.41, 5.74) is 1.32. The average Bonchev–Trinajstić information content (AvgIpc) is 2.71. The van der Waals surface area contributed by atoms with Crippen molar-refractivity contribution in [3.8, 4) is 0 Å². The molecule has 0 saturated carbocycles. The monoisotopic (exact) mass is 246 g/mol. The fourth-order valence-electron chi connectivity index (χ4n) is 1.45. The molecule has 1 aromatic carbocycles. The summed E-state index contributed by atoms with van der Waals surface area (Å²) in [6, 6.07) is 10.3. The van der Waals surface area contributed by atoms with Crippen LogP contribution in [0.5, 0.6) is 0 Å². The molecule has 1 aromatic rings. The van der Waals surface area contributed by atoms with Gasteiger partial charge < -0.3 is 4.74 Å². The van der Waals surface area contributed by atoms with Gasteiger partial charge in [-0.25, -0.2) is 0 Å². The standard InChI is InChI=1S/C8H12O.C7H8.C2H6/c1-9-8-6-4-2-3-5-7-8;1-7-5-3-2-4-6-7;1-2/h2-4,6,8H,5,7H2,1H3;2-6H,1H3;1-2H3. The lowest BCUT2D eigenvalue weighted by molar-refractivity contribution is 0.135. The summed E-state index contributed by atoms with van der Waals surface area (Å²) < 4.78 is 5.14. The fraction of sp³-hybridized carbons (Fsp3) is 0.412. The SMILES string of the molecule is CC.COC1C=CC=CCC1.Cc1ccccc1. The first-order chi connectivity index (χ1) is 8.83. The molecule has 1 aliphatic carbocycles. The van der Waals surface area contributed by atoms with Gasteiger partial charge in [0.2, 0.25) is 0 Å². The second kappa shape index (κ2) is 12.1. The molecule has 1 nitrogen and oxygen atoms in total. The number of hydrogen-bond donors (Lipinski definition) is 0. The van der Waals surface area contributed by atoms with E-state index in [1.807, 2.05) is 38.1 Å². The summed E-state index contributed by atoms with van der Waals surface area (Å²) in [5, 5.41) is 0. The van der Waals surface area contributed by atoms with Crippen molar-refractivity contribution in [2.24, 2.45) is 0 Å². The number of benzene rings is 1. The average molecular weight is 246 g/mol. The molecular weight excluding hydrogens is 220 g/mol. The minimum Gasteiger partial charge on any atom is -0.377 e. The molecule has 0 aromatic heterocycles. The smallest absolute Gasteiger partial charge is 0.0758 e. The summed E-state index contributed by atoms with van der Waals surface area (Å²) >= 11 is 0. The van der Waals surface area contributed by atoms with E-state index in [2.05, 4.69) is 37.3 Å². The van der Waals surface area contributed by atoms with E-state index in [4.69, 9.17) is 4.74 Å². The first-order valence-electron chi connectivity index (χ1n) is 6.70. The predicted octanol–water partition coefficient (Wildman–Crippen LogP) is 4.93. The molecule has 100 valence electrons. The molecule has 1 atom stereocenters. The molecule has 1 heteroatoms. The first kappa shape index (κ1) is 16.7. The Balaban J connectivity index is 0.000000289. The molecule has 1 aliphatic rings. The van der Waals surface area contributed by atoms with Gasteiger partial charge in [-0.1, -0.05) is 74.0 Å². The molecule has 0 amide bonds. The number of aryl methyl sites for hydroxylation is 1. The Morgan fingerprint density at radius 2 is 1.72 bits per heavy atom. The number of methoxy groups -OCH3 is 1. The summed E-state index contributed by atoms with van der Waals surface area (Å²) in [6.45, 7) is 6.08. The lowest BCUT2D eigenvalue weighted by Crippen LogP contribution is -2.04. The lowest BCUT2D eigenvalue weighted by Gasteiger charge is -2.05. The molecule has 0 saturated heterocycles. The second-order valence-corrected chi connectivity index (χ2v) is 3.82. The molecule has 2 rings (SSSR count). The Kier molecular flexibility index (Phi) is 11.2. The molecule has 0 aliphatic heterocycles. The molecule has 0 fully saturated rings. The van der Waals surface area contributed by atoms with E-state index >= 15 is 0 Å². The van der Waals surface area contributed by atoms with Crippen LogP contribution in [0.25, 0.3) is 0 Å². The van der Waals surface area contributed by atoms with Gasteiger partial charge in [0, 0.05) is 7.11 Å². The maximum atomic E-state index is 5.14. The van der Waals surface area contributed by atoms with Crippen molar-refractivity contribution < 1.29 is 4.74 Å². The van der Waals surface area contributed by atoms with Crippen molar-refractivity contribution in [2.75, 3.05) is 7.11 Å². The topological polar surface area (TPSA) is 9.23 Å². The molecule has 1 unspecified atom stereocenters. The van der Waals surface area contributed by atoms with Gasteiger partial charge in [-0.3, -0.25) is 0 Å². The number of hydrogen-bond acceptors (Lipinski definition) is 1. The van der Waals surface area contributed by atoms with Gasteiger partial charge >= 0.3 is 0 Å². The molecular formula is C17H26O. The zero-order valence-corrected chi connectivity index (χ0v) is 12.1. The van der Waals surface area contributed by atoms with Gasteiger partial charge in [-0.2, -0.15) is 0 Å². The van der Waals surface area contributed by atoms with Crippen LogP contribution in [0.1, 0.15) is 32.3 Å². The third-order valence-corrected chi connectivity index (χ3v) is 2.43. The Bertz CT molecular complexity index is 325. The van der Waals surface area contributed by atoms with Crippen LogP contribution in [-0.4, -0.2) is 13.2 Å². The second-order valence-electron chi connectivity index (χ2n) is 3.82. The van der Waals surface area contributed by atoms with Crippen molar-refractivity contribution in [1.29, 1.82) is 0 Å². The maximum Gasteiger partial charge on any atom is 0.0758 e. The van der Waals surface area contributed by atoms with Crippen molar-refractivity contribution in [3.05, 3.63) is 60.2 Å². The highest BCUT2D eigenvalue weighted by molar-refractivity contribution is 5.11. The Hall–Kier alpha value is -1.34. The van der Waals surface area contributed by atoms with Crippen molar-refractivity contribution in [2.45, 2.75) is 39.7 Å². The van der Waals surface area contributed by atoms with Crippen LogP contribution >= 0.6 is 0 Å². The highest BCUT2D eigenvalue weighted by atomic mass is 16.5. The Labute approximate surface area is 112 Å². The number of rotatable bonds is 1. The third kappa shape index (κ3) is 8.77. The van der Waals surface area contributed by atoms with E-state index in [9.17, 15) is 0 Å². The molecule has 0 bridgehead atoms. The minimum atomic E-state index is 0.333. The van der Waals surface area contributed by atoms with E-state index in [0.29, 0.717) is 6.10 Å². The Morgan fingerprint density at radius 1 is 1.06 bits per heavy atom. The van der Waals surface area contributed by atoms with Gasteiger partial charge in [0.1, 0.15) is 0 Å². The quantitative estimate of drug-likeness (QED) is 0.682. The zero-order chi connectivity index (χ0) is 13.6. The van der Waals surface area contributed by atoms with Crippen LogP contribution in [0, 0.1) is 6.92 Å². The van der Waals surface area contributed by atoms with Crippen LogP contribution in [0.3, 0.4) is 0 Å². The van der Waals surface area contributed by atoms with E-state index in [0.717, 1.165) is 12.8 Å². The van der Waals surface area contributed by atoms with Crippen LogP contribution in [-0.2, 0) is 4.74 Å². The van der Waals surface area contributed by atoms with Crippen molar-refractivity contribution in [3.63, 3.8) is 0 Å². The normalized spacial score (nSPS) is 16.8. The number of allylic oxidation sites excluding steroid dienone is 3. The number of ether oxygens (including phenoxy) is 1. The van der Waals surface area contributed by atoms with E-state index in [1.54, 1.807) is 7.11 Å². The molecule has 0 spiro atoms. The Morgan fingerprint density at radius 3 is 2.22 bits per heavy atom.